The van der Waals surface area contributed by atoms with Gasteiger partial charge in [-0.15, -0.1) is 0 Å². The molecule has 0 bridgehead atoms. The molecule has 4 heteroatoms. The van der Waals surface area contributed by atoms with Crippen LogP contribution >= 0.6 is 0 Å². The molecule has 4 nitrogen and oxygen atoms in total. The number of hydrazine groups is 1. The Morgan fingerprint density at radius 3 is 3.20 bits per heavy atom. The highest BCUT2D eigenvalue weighted by Gasteiger charge is 2.15. The van der Waals surface area contributed by atoms with Crippen LogP contribution in [0.15, 0.2) is 0 Å². The summed E-state index contributed by atoms with van der Waals surface area (Å²) >= 11 is 0. The zero-order valence-electron chi connectivity index (χ0n) is 6.13. The first-order valence-corrected chi connectivity index (χ1v) is 3.52. The van der Waals surface area contributed by atoms with Crippen LogP contribution in [0.1, 0.15) is 6.92 Å². The Balaban J connectivity index is 2.32. The number of carbonyl (C=O) groups excluding carboxylic acids is 1. The zero-order valence-corrected chi connectivity index (χ0v) is 6.13. The lowest BCUT2D eigenvalue weighted by Crippen LogP contribution is -2.55. The summed E-state index contributed by atoms with van der Waals surface area (Å²) in [5.74, 6) is 0. The highest BCUT2D eigenvalue weighted by molar-refractivity contribution is 5.45. The summed E-state index contributed by atoms with van der Waals surface area (Å²) in [5, 5.41) is 5.16. The largest absolute Gasteiger partial charge is 0.314 e. The lowest BCUT2D eigenvalue weighted by Gasteiger charge is -2.32. The number of nitrogens with zero attached hydrogens (tertiary/aromatic N) is 1. The van der Waals surface area contributed by atoms with Crippen LogP contribution in [0.4, 0.5) is 0 Å². The van der Waals surface area contributed by atoms with Crippen LogP contribution in [0.5, 0.6) is 0 Å². The maximum absolute atomic E-state index is 10.0. The van der Waals surface area contributed by atoms with Crippen molar-refractivity contribution in [1.82, 2.24) is 15.8 Å². The summed E-state index contributed by atoms with van der Waals surface area (Å²) in [4.78, 5) is 10.0. The molecule has 1 fully saturated rings. The predicted molar refractivity (Wildman–Crippen MR) is 38.2 cm³/mol. The van der Waals surface area contributed by atoms with Crippen molar-refractivity contribution in [1.29, 1.82) is 0 Å². The first-order chi connectivity index (χ1) is 4.84. The van der Waals surface area contributed by atoms with E-state index < -0.39 is 0 Å². The van der Waals surface area contributed by atoms with Gasteiger partial charge < -0.3 is 5.32 Å². The number of rotatable bonds is 2. The second-order valence-electron chi connectivity index (χ2n) is 2.49. The molecule has 1 rings (SSSR count). The monoisotopic (exact) mass is 143 g/mol. The number of carbonyl (C=O) groups is 1. The Labute approximate surface area is 60.5 Å². The summed E-state index contributed by atoms with van der Waals surface area (Å²) in [6.07, 6.45) is 0.724. The minimum absolute atomic E-state index is 0.402. The van der Waals surface area contributed by atoms with Crippen molar-refractivity contribution in [2.75, 3.05) is 19.6 Å². The second-order valence-corrected chi connectivity index (χ2v) is 2.49. The lowest BCUT2D eigenvalue weighted by molar-refractivity contribution is -0.115. The fourth-order valence-corrected chi connectivity index (χ4v) is 1.10. The first kappa shape index (κ1) is 7.50. The fraction of sp³-hybridized carbons (Fsp3) is 0.833. The summed E-state index contributed by atoms with van der Waals surface area (Å²) in [6.45, 7) is 4.86. The Kier molecular flexibility index (Phi) is 2.65. The zero-order chi connectivity index (χ0) is 7.40. The molecule has 0 radical (unpaired) electrons. The molecule has 1 heterocycles. The number of hydrogen-bond acceptors (Lipinski definition) is 3. The van der Waals surface area contributed by atoms with Gasteiger partial charge in [-0.2, -0.15) is 0 Å². The normalized spacial score (nSPS) is 27.9. The molecule has 1 amide bonds. The lowest BCUT2D eigenvalue weighted by atomic mass is 10.2. The van der Waals surface area contributed by atoms with Crippen LogP contribution in [-0.2, 0) is 4.79 Å². The molecular weight excluding hydrogens is 130 g/mol. The molecule has 1 aliphatic rings. The Morgan fingerprint density at radius 1 is 1.80 bits per heavy atom. The Bertz CT molecular complexity index is 118. The van der Waals surface area contributed by atoms with E-state index in [1.165, 1.54) is 0 Å². The molecule has 0 saturated carbocycles. The molecule has 0 unspecified atom stereocenters. The average molecular weight is 143 g/mol. The third kappa shape index (κ3) is 1.68. The highest BCUT2D eigenvalue weighted by atomic mass is 16.1. The van der Waals surface area contributed by atoms with Gasteiger partial charge in [0.2, 0.25) is 6.41 Å². The molecule has 0 aromatic carbocycles. The van der Waals surface area contributed by atoms with Crippen LogP contribution in [0.2, 0.25) is 0 Å². The van der Waals surface area contributed by atoms with Gasteiger partial charge in [-0.05, 0) is 6.92 Å². The van der Waals surface area contributed by atoms with Gasteiger partial charge in [-0.25, -0.2) is 5.01 Å². The molecule has 0 aliphatic carbocycles. The van der Waals surface area contributed by atoms with Crippen molar-refractivity contribution < 1.29 is 4.79 Å². The summed E-state index contributed by atoms with van der Waals surface area (Å²) in [7, 11) is 0. The maximum atomic E-state index is 10.0. The topological polar surface area (TPSA) is 44.4 Å². The van der Waals surface area contributed by atoms with Crippen LogP contribution in [-0.4, -0.2) is 37.1 Å². The SMILES string of the molecule is C[C@H]1CNCCN1NC=O. The van der Waals surface area contributed by atoms with Gasteiger partial charge in [-0.1, -0.05) is 0 Å². The van der Waals surface area contributed by atoms with Crippen molar-refractivity contribution in [3.8, 4) is 0 Å². The Hall–Kier alpha value is -0.610. The van der Waals surface area contributed by atoms with Crippen molar-refractivity contribution >= 4 is 6.41 Å². The molecule has 1 aliphatic heterocycles. The van der Waals surface area contributed by atoms with Crippen molar-refractivity contribution in [3.63, 3.8) is 0 Å². The minimum atomic E-state index is 0.402. The standard InChI is InChI=1S/C6H13N3O/c1-6-4-7-2-3-9(6)8-5-10/h5-7H,2-4H2,1H3,(H,8,10)/t6-/m0/s1. The van der Waals surface area contributed by atoms with E-state index in [2.05, 4.69) is 17.7 Å². The van der Waals surface area contributed by atoms with Crippen LogP contribution in [0, 0.1) is 0 Å². The number of amides is 1. The molecular formula is C6H13N3O. The van der Waals surface area contributed by atoms with Gasteiger partial charge in [0.15, 0.2) is 0 Å². The van der Waals surface area contributed by atoms with E-state index >= 15 is 0 Å². The second kappa shape index (κ2) is 3.53. The van der Waals surface area contributed by atoms with Gasteiger partial charge >= 0.3 is 0 Å². The molecule has 1 saturated heterocycles. The third-order valence-electron chi connectivity index (χ3n) is 1.72. The van der Waals surface area contributed by atoms with Crippen LogP contribution < -0.4 is 10.7 Å². The van der Waals surface area contributed by atoms with E-state index in [0.717, 1.165) is 26.0 Å². The Morgan fingerprint density at radius 2 is 2.60 bits per heavy atom. The van der Waals surface area contributed by atoms with Gasteiger partial charge in [0.05, 0.1) is 0 Å². The summed E-state index contributed by atoms with van der Waals surface area (Å²) in [6, 6.07) is 0.402. The molecule has 2 N–H and O–H groups in total. The number of piperazine rings is 1. The summed E-state index contributed by atoms with van der Waals surface area (Å²) < 4.78 is 0. The van der Waals surface area contributed by atoms with E-state index in [1.54, 1.807) is 0 Å². The average Bonchev–Trinajstić information content (AvgIpc) is 1.94. The third-order valence-corrected chi connectivity index (χ3v) is 1.72. The molecule has 0 aromatic heterocycles. The van der Waals surface area contributed by atoms with Crippen LogP contribution in [0.3, 0.4) is 0 Å². The van der Waals surface area contributed by atoms with Crippen LogP contribution in [0.25, 0.3) is 0 Å². The van der Waals surface area contributed by atoms with E-state index in [-0.39, 0.29) is 0 Å². The van der Waals surface area contributed by atoms with Crippen molar-refractivity contribution in [3.05, 3.63) is 0 Å². The quantitative estimate of drug-likeness (QED) is 0.484. The van der Waals surface area contributed by atoms with E-state index in [1.807, 2.05) is 5.01 Å². The molecule has 10 heavy (non-hydrogen) atoms. The highest BCUT2D eigenvalue weighted by Crippen LogP contribution is 1.95. The maximum Gasteiger partial charge on any atom is 0.221 e. The molecule has 58 valence electrons. The number of nitrogens with one attached hydrogen (secondary N) is 2. The predicted octanol–water partition coefficient (Wildman–Crippen LogP) is -1.06. The van der Waals surface area contributed by atoms with Gasteiger partial charge in [0.25, 0.3) is 0 Å². The minimum Gasteiger partial charge on any atom is -0.314 e. The van der Waals surface area contributed by atoms with E-state index in [4.69, 9.17) is 0 Å². The van der Waals surface area contributed by atoms with Gasteiger partial charge in [0.1, 0.15) is 0 Å². The van der Waals surface area contributed by atoms with E-state index in [0.29, 0.717) is 6.04 Å². The molecule has 0 spiro atoms. The molecule has 0 aromatic rings. The van der Waals surface area contributed by atoms with Gasteiger partial charge in [0, 0.05) is 25.7 Å². The van der Waals surface area contributed by atoms with E-state index in [9.17, 15) is 4.79 Å². The smallest absolute Gasteiger partial charge is 0.221 e. The molecule has 1 atom stereocenters. The summed E-state index contributed by atoms with van der Waals surface area (Å²) in [5.41, 5.74) is 2.65. The first-order valence-electron chi connectivity index (χ1n) is 3.52. The number of hydrogen-bond donors (Lipinski definition) is 2. The fourth-order valence-electron chi connectivity index (χ4n) is 1.10. The van der Waals surface area contributed by atoms with Crippen molar-refractivity contribution in [2.24, 2.45) is 0 Å². The van der Waals surface area contributed by atoms with Crippen molar-refractivity contribution in [2.45, 2.75) is 13.0 Å². The van der Waals surface area contributed by atoms with Gasteiger partial charge in [-0.3, -0.25) is 10.2 Å².